The van der Waals surface area contributed by atoms with Crippen LogP contribution in [0.1, 0.15) is 33.3 Å². The standard InChI is InChI=1S/C14H20BrFOS/c1-8(2)14(17,9(3)4)12-10(15)6-7-11(18-5)13(12)16/h6-9,17H,1-5H3. The highest BCUT2D eigenvalue weighted by molar-refractivity contribution is 9.10. The Morgan fingerprint density at radius 3 is 2.11 bits per heavy atom. The van der Waals surface area contributed by atoms with Gasteiger partial charge in [-0.05, 0) is 30.2 Å². The molecular formula is C14H20BrFOS. The van der Waals surface area contributed by atoms with E-state index in [0.29, 0.717) is 14.9 Å². The lowest BCUT2D eigenvalue weighted by Gasteiger charge is -2.38. The number of benzene rings is 1. The first-order valence-corrected chi connectivity index (χ1v) is 8.03. The van der Waals surface area contributed by atoms with Crippen molar-refractivity contribution in [1.29, 1.82) is 0 Å². The second-order valence-corrected chi connectivity index (χ2v) is 6.78. The summed E-state index contributed by atoms with van der Waals surface area (Å²) >= 11 is 4.72. The SMILES string of the molecule is CSc1ccc(Br)c(C(O)(C(C)C)C(C)C)c1F. The number of hydrogen-bond donors (Lipinski definition) is 1. The molecule has 1 aromatic carbocycles. The predicted octanol–water partition coefficient (Wildman–Crippen LogP) is 4.81. The second-order valence-electron chi connectivity index (χ2n) is 5.07. The molecule has 0 atom stereocenters. The van der Waals surface area contributed by atoms with Crippen molar-refractivity contribution in [3.05, 3.63) is 28.0 Å². The third-order valence-corrected chi connectivity index (χ3v) is 4.85. The highest BCUT2D eigenvalue weighted by Gasteiger charge is 2.40. The highest BCUT2D eigenvalue weighted by atomic mass is 79.9. The van der Waals surface area contributed by atoms with Gasteiger partial charge in [-0.3, -0.25) is 0 Å². The van der Waals surface area contributed by atoms with Gasteiger partial charge in [-0.25, -0.2) is 4.39 Å². The molecule has 0 unspecified atom stereocenters. The van der Waals surface area contributed by atoms with E-state index in [1.54, 1.807) is 12.1 Å². The van der Waals surface area contributed by atoms with E-state index in [1.807, 2.05) is 34.0 Å². The summed E-state index contributed by atoms with van der Waals surface area (Å²) in [6.07, 6.45) is 1.83. The molecule has 1 rings (SSSR count). The van der Waals surface area contributed by atoms with Gasteiger partial charge in [-0.1, -0.05) is 43.6 Å². The summed E-state index contributed by atoms with van der Waals surface area (Å²) in [5.74, 6) is -0.456. The Hall–Kier alpha value is -0.0600. The summed E-state index contributed by atoms with van der Waals surface area (Å²) < 4.78 is 15.2. The van der Waals surface area contributed by atoms with Crippen LogP contribution in [0.25, 0.3) is 0 Å². The van der Waals surface area contributed by atoms with Crippen LogP contribution in [0.2, 0.25) is 0 Å². The predicted molar refractivity (Wildman–Crippen MR) is 79.5 cm³/mol. The van der Waals surface area contributed by atoms with E-state index < -0.39 is 5.60 Å². The van der Waals surface area contributed by atoms with Crippen molar-refractivity contribution < 1.29 is 9.50 Å². The lowest BCUT2D eigenvalue weighted by atomic mass is 9.75. The molecule has 0 saturated carbocycles. The molecule has 18 heavy (non-hydrogen) atoms. The van der Waals surface area contributed by atoms with Crippen molar-refractivity contribution in [2.45, 2.75) is 38.2 Å². The monoisotopic (exact) mass is 334 g/mol. The van der Waals surface area contributed by atoms with Gasteiger partial charge in [0.1, 0.15) is 5.82 Å². The van der Waals surface area contributed by atoms with Gasteiger partial charge < -0.3 is 5.11 Å². The lowest BCUT2D eigenvalue weighted by molar-refractivity contribution is -0.0568. The van der Waals surface area contributed by atoms with Gasteiger partial charge >= 0.3 is 0 Å². The summed E-state index contributed by atoms with van der Waals surface area (Å²) in [6, 6.07) is 3.54. The Labute approximate surface area is 121 Å². The molecule has 1 N–H and O–H groups in total. The van der Waals surface area contributed by atoms with Crippen molar-refractivity contribution in [3.63, 3.8) is 0 Å². The van der Waals surface area contributed by atoms with Crippen LogP contribution < -0.4 is 0 Å². The Morgan fingerprint density at radius 2 is 1.72 bits per heavy atom. The van der Waals surface area contributed by atoms with Crippen LogP contribution >= 0.6 is 27.7 Å². The van der Waals surface area contributed by atoms with Crippen LogP contribution in [-0.2, 0) is 5.60 Å². The third kappa shape index (κ3) is 2.61. The molecule has 0 aliphatic carbocycles. The van der Waals surface area contributed by atoms with Crippen LogP contribution in [0.15, 0.2) is 21.5 Å². The molecule has 0 radical (unpaired) electrons. The number of hydrogen-bond acceptors (Lipinski definition) is 2. The molecule has 1 nitrogen and oxygen atoms in total. The fraction of sp³-hybridized carbons (Fsp3) is 0.571. The van der Waals surface area contributed by atoms with Gasteiger partial charge in [0.25, 0.3) is 0 Å². The molecule has 0 aliphatic heterocycles. The van der Waals surface area contributed by atoms with Crippen molar-refractivity contribution in [3.8, 4) is 0 Å². The average molecular weight is 335 g/mol. The molecule has 0 bridgehead atoms. The molecule has 4 heteroatoms. The Balaban J connectivity index is 3.56. The molecule has 0 fully saturated rings. The van der Waals surface area contributed by atoms with E-state index in [4.69, 9.17) is 0 Å². The van der Waals surface area contributed by atoms with Crippen LogP contribution in [0.5, 0.6) is 0 Å². The zero-order valence-corrected chi connectivity index (χ0v) is 13.8. The minimum atomic E-state index is -1.17. The zero-order valence-electron chi connectivity index (χ0n) is 11.4. The summed E-state index contributed by atoms with van der Waals surface area (Å²) in [4.78, 5) is 0.563. The molecule has 102 valence electrons. The smallest absolute Gasteiger partial charge is 0.143 e. The molecule has 1 aromatic rings. The molecule has 0 aliphatic rings. The fourth-order valence-electron chi connectivity index (χ4n) is 2.30. The number of halogens is 2. The first-order valence-electron chi connectivity index (χ1n) is 6.01. The fourth-order valence-corrected chi connectivity index (χ4v) is 3.41. The van der Waals surface area contributed by atoms with E-state index in [9.17, 15) is 9.50 Å². The van der Waals surface area contributed by atoms with Crippen molar-refractivity contribution in [2.75, 3.05) is 6.26 Å². The van der Waals surface area contributed by atoms with Gasteiger partial charge in [0.05, 0.1) is 5.60 Å². The Kier molecular flexibility index (Phi) is 5.27. The topological polar surface area (TPSA) is 20.2 Å². The molecule has 0 aromatic heterocycles. The largest absolute Gasteiger partial charge is 0.384 e. The lowest BCUT2D eigenvalue weighted by Crippen LogP contribution is -2.39. The van der Waals surface area contributed by atoms with Crippen LogP contribution in [0, 0.1) is 17.7 Å². The number of aliphatic hydroxyl groups is 1. The minimum absolute atomic E-state index is 0.0691. The first-order chi connectivity index (χ1) is 8.26. The maximum absolute atomic E-state index is 14.5. The van der Waals surface area contributed by atoms with Gasteiger partial charge in [-0.15, -0.1) is 11.8 Å². The maximum Gasteiger partial charge on any atom is 0.143 e. The van der Waals surface area contributed by atoms with E-state index in [1.165, 1.54) is 11.8 Å². The number of thioether (sulfide) groups is 1. The van der Waals surface area contributed by atoms with Gasteiger partial charge in [-0.2, -0.15) is 0 Å². The third-order valence-electron chi connectivity index (χ3n) is 3.44. The minimum Gasteiger partial charge on any atom is -0.384 e. The Morgan fingerprint density at radius 1 is 1.22 bits per heavy atom. The quantitative estimate of drug-likeness (QED) is 0.797. The molecule has 0 spiro atoms. The van der Waals surface area contributed by atoms with Crippen LogP contribution in [-0.4, -0.2) is 11.4 Å². The van der Waals surface area contributed by atoms with Gasteiger partial charge in [0.15, 0.2) is 0 Å². The van der Waals surface area contributed by atoms with Gasteiger partial charge in [0, 0.05) is 14.9 Å². The van der Waals surface area contributed by atoms with Crippen molar-refractivity contribution >= 4 is 27.7 Å². The van der Waals surface area contributed by atoms with E-state index in [0.717, 1.165) is 0 Å². The molecule has 0 heterocycles. The van der Waals surface area contributed by atoms with Gasteiger partial charge in [0.2, 0.25) is 0 Å². The first kappa shape index (κ1) is 16.0. The summed E-state index contributed by atoms with van der Waals surface area (Å²) in [7, 11) is 0. The van der Waals surface area contributed by atoms with Crippen molar-refractivity contribution in [1.82, 2.24) is 0 Å². The molecule has 0 amide bonds. The van der Waals surface area contributed by atoms with E-state index in [-0.39, 0.29) is 17.7 Å². The maximum atomic E-state index is 14.5. The molecule has 0 saturated heterocycles. The zero-order chi connectivity index (χ0) is 14.1. The van der Waals surface area contributed by atoms with E-state index >= 15 is 0 Å². The number of rotatable bonds is 4. The van der Waals surface area contributed by atoms with E-state index in [2.05, 4.69) is 15.9 Å². The summed E-state index contributed by atoms with van der Waals surface area (Å²) in [5, 5.41) is 10.9. The van der Waals surface area contributed by atoms with Crippen LogP contribution in [0.3, 0.4) is 0 Å². The van der Waals surface area contributed by atoms with Crippen molar-refractivity contribution in [2.24, 2.45) is 11.8 Å². The highest BCUT2D eigenvalue weighted by Crippen LogP contribution is 2.43. The average Bonchev–Trinajstić information content (AvgIpc) is 2.28. The normalized spacial score (nSPS) is 12.6. The summed E-state index contributed by atoms with van der Waals surface area (Å²) in [6.45, 7) is 7.66. The summed E-state index contributed by atoms with van der Waals surface area (Å²) in [5.41, 5.74) is -0.798. The Bertz CT molecular complexity index is 424. The molecular weight excluding hydrogens is 315 g/mol. The van der Waals surface area contributed by atoms with Crippen LogP contribution in [0.4, 0.5) is 4.39 Å². The second kappa shape index (κ2) is 5.93.